The van der Waals surface area contributed by atoms with Crippen LogP contribution in [0.3, 0.4) is 0 Å². The van der Waals surface area contributed by atoms with Crippen LogP contribution in [0.4, 0.5) is 5.13 Å². The van der Waals surface area contributed by atoms with Gasteiger partial charge in [-0.2, -0.15) is 0 Å². The van der Waals surface area contributed by atoms with Crippen molar-refractivity contribution in [3.63, 3.8) is 0 Å². The summed E-state index contributed by atoms with van der Waals surface area (Å²) in [4.78, 5) is 35.4. The SMILES string of the molecule is CC(=O)N(c1nc(CN2CCN(C(=O)CCCc3ccccc3)CC2)cs1)C1CC1. The van der Waals surface area contributed by atoms with Gasteiger partial charge in [-0.25, -0.2) is 4.98 Å². The number of rotatable bonds is 8. The number of thiazole rings is 1. The highest BCUT2D eigenvalue weighted by Crippen LogP contribution is 2.33. The van der Waals surface area contributed by atoms with Gasteiger partial charge in [0.25, 0.3) is 0 Å². The number of anilines is 1. The predicted octanol–water partition coefficient (Wildman–Crippen LogP) is 3.33. The Hall–Kier alpha value is -2.25. The van der Waals surface area contributed by atoms with Crippen LogP contribution in [0.5, 0.6) is 0 Å². The van der Waals surface area contributed by atoms with E-state index in [2.05, 4.69) is 22.4 Å². The van der Waals surface area contributed by atoms with Gasteiger partial charge in [-0.15, -0.1) is 11.3 Å². The summed E-state index contributed by atoms with van der Waals surface area (Å²) in [6.07, 6.45) is 4.63. The van der Waals surface area contributed by atoms with E-state index in [0.717, 1.165) is 69.2 Å². The van der Waals surface area contributed by atoms with Crippen molar-refractivity contribution in [3.8, 4) is 0 Å². The van der Waals surface area contributed by atoms with Gasteiger partial charge < -0.3 is 4.90 Å². The fourth-order valence-corrected chi connectivity index (χ4v) is 4.92. The van der Waals surface area contributed by atoms with E-state index in [0.29, 0.717) is 12.5 Å². The molecule has 0 N–H and O–H groups in total. The molecule has 1 aliphatic carbocycles. The summed E-state index contributed by atoms with van der Waals surface area (Å²) in [5, 5.41) is 2.89. The minimum Gasteiger partial charge on any atom is -0.340 e. The van der Waals surface area contributed by atoms with Gasteiger partial charge in [0.2, 0.25) is 11.8 Å². The number of nitrogens with zero attached hydrogens (tertiary/aromatic N) is 4. The van der Waals surface area contributed by atoms with E-state index in [1.54, 1.807) is 18.3 Å². The molecule has 1 aromatic heterocycles. The average Bonchev–Trinajstić information content (AvgIpc) is 3.47. The molecule has 160 valence electrons. The summed E-state index contributed by atoms with van der Waals surface area (Å²) in [7, 11) is 0. The fourth-order valence-electron chi connectivity index (χ4n) is 3.99. The quantitative estimate of drug-likeness (QED) is 0.650. The first-order valence-electron chi connectivity index (χ1n) is 10.9. The number of aromatic nitrogens is 1. The first kappa shape index (κ1) is 21.0. The van der Waals surface area contributed by atoms with Crippen molar-refractivity contribution in [1.29, 1.82) is 0 Å². The fraction of sp³-hybridized carbons (Fsp3) is 0.522. The van der Waals surface area contributed by atoms with Crippen LogP contribution in [0.1, 0.15) is 43.9 Å². The largest absolute Gasteiger partial charge is 0.340 e. The lowest BCUT2D eigenvalue weighted by atomic mass is 10.1. The van der Waals surface area contributed by atoms with E-state index in [9.17, 15) is 9.59 Å². The van der Waals surface area contributed by atoms with E-state index >= 15 is 0 Å². The molecule has 2 amide bonds. The standard InChI is InChI=1S/C23H30N4O2S/c1-18(28)27(21-10-11-21)23-24-20(17-30-23)16-25-12-14-26(15-13-25)22(29)9-5-8-19-6-3-2-4-7-19/h2-4,6-7,17,21H,5,8-16H2,1H3. The van der Waals surface area contributed by atoms with Crippen LogP contribution in [-0.4, -0.2) is 58.8 Å². The second-order valence-electron chi connectivity index (χ2n) is 8.24. The first-order chi connectivity index (χ1) is 14.6. The zero-order valence-electron chi connectivity index (χ0n) is 17.6. The van der Waals surface area contributed by atoms with E-state index in [1.165, 1.54) is 5.56 Å². The van der Waals surface area contributed by atoms with Crippen molar-refractivity contribution in [2.45, 2.75) is 51.6 Å². The van der Waals surface area contributed by atoms with Gasteiger partial charge in [-0.05, 0) is 31.2 Å². The zero-order valence-corrected chi connectivity index (χ0v) is 18.4. The number of hydrogen-bond donors (Lipinski definition) is 0. The van der Waals surface area contributed by atoms with E-state index in [-0.39, 0.29) is 11.8 Å². The lowest BCUT2D eigenvalue weighted by Gasteiger charge is -2.34. The second-order valence-corrected chi connectivity index (χ2v) is 9.07. The Morgan fingerprint density at radius 3 is 2.53 bits per heavy atom. The molecular weight excluding hydrogens is 396 g/mol. The Kier molecular flexibility index (Phi) is 6.79. The van der Waals surface area contributed by atoms with Gasteiger partial charge in [0.15, 0.2) is 5.13 Å². The van der Waals surface area contributed by atoms with Crippen molar-refractivity contribution in [1.82, 2.24) is 14.8 Å². The van der Waals surface area contributed by atoms with Crippen molar-refractivity contribution < 1.29 is 9.59 Å². The normalized spacial score (nSPS) is 17.2. The maximum Gasteiger partial charge on any atom is 0.225 e. The molecule has 0 radical (unpaired) electrons. The molecule has 4 rings (SSSR count). The molecule has 2 aromatic rings. The summed E-state index contributed by atoms with van der Waals surface area (Å²) in [5.74, 6) is 0.348. The van der Waals surface area contributed by atoms with Gasteiger partial charge in [0, 0.05) is 57.5 Å². The Labute approximate surface area is 182 Å². The summed E-state index contributed by atoms with van der Waals surface area (Å²) >= 11 is 1.56. The van der Waals surface area contributed by atoms with Crippen LogP contribution in [0.25, 0.3) is 0 Å². The van der Waals surface area contributed by atoms with Crippen molar-refractivity contribution in [2.75, 3.05) is 31.1 Å². The third-order valence-electron chi connectivity index (χ3n) is 5.81. The highest BCUT2D eigenvalue weighted by molar-refractivity contribution is 7.14. The monoisotopic (exact) mass is 426 g/mol. The van der Waals surface area contributed by atoms with Crippen molar-refractivity contribution >= 4 is 28.3 Å². The third kappa shape index (κ3) is 5.46. The highest BCUT2D eigenvalue weighted by Gasteiger charge is 2.33. The summed E-state index contributed by atoms with van der Waals surface area (Å²) in [5.41, 5.74) is 2.31. The molecule has 0 bridgehead atoms. The summed E-state index contributed by atoms with van der Waals surface area (Å²) in [6.45, 7) is 5.71. The van der Waals surface area contributed by atoms with Crippen molar-refractivity contribution in [2.24, 2.45) is 0 Å². The molecule has 0 unspecified atom stereocenters. The molecule has 2 heterocycles. The highest BCUT2D eigenvalue weighted by atomic mass is 32.1. The topological polar surface area (TPSA) is 56.8 Å². The molecule has 1 saturated carbocycles. The van der Waals surface area contributed by atoms with Crippen LogP contribution in [0.15, 0.2) is 35.7 Å². The van der Waals surface area contributed by atoms with Crippen LogP contribution in [0, 0.1) is 0 Å². The number of aryl methyl sites for hydroxylation is 1. The van der Waals surface area contributed by atoms with Crippen molar-refractivity contribution in [3.05, 3.63) is 47.0 Å². The molecule has 6 nitrogen and oxygen atoms in total. The average molecular weight is 427 g/mol. The number of amides is 2. The number of piperazine rings is 1. The van der Waals surface area contributed by atoms with Gasteiger partial charge in [-0.1, -0.05) is 30.3 Å². The predicted molar refractivity (Wildman–Crippen MR) is 120 cm³/mol. The third-order valence-corrected chi connectivity index (χ3v) is 6.70. The summed E-state index contributed by atoms with van der Waals surface area (Å²) in [6, 6.07) is 10.7. The van der Waals surface area contributed by atoms with E-state index in [1.807, 2.05) is 28.0 Å². The number of carbonyl (C=O) groups is 2. The smallest absolute Gasteiger partial charge is 0.225 e. The van der Waals surface area contributed by atoms with Crippen LogP contribution < -0.4 is 4.90 Å². The van der Waals surface area contributed by atoms with Crippen LogP contribution in [-0.2, 0) is 22.6 Å². The zero-order chi connectivity index (χ0) is 20.9. The lowest BCUT2D eigenvalue weighted by molar-refractivity contribution is -0.133. The maximum atomic E-state index is 12.5. The Balaban J connectivity index is 1.20. The molecule has 7 heteroatoms. The molecule has 30 heavy (non-hydrogen) atoms. The molecule has 2 fully saturated rings. The lowest BCUT2D eigenvalue weighted by Crippen LogP contribution is -2.48. The minimum atomic E-state index is 0.0813. The van der Waals surface area contributed by atoms with Crippen LogP contribution >= 0.6 is 11.3 Å². The Bertz CT molecular complexity index is 857. The molecule has 1 aromatic carbocycles. The number of carbonyl (C=O) groups excluding carboxylic acids is 2. The molecular formula is C23H30N4O2S. The molecule has 1 saturated heterocycles. The van der Waals surface area contributed by atoms with Gasteiger partial charge >= 0.3 is 0 Å². The molecule has 0 spiro atoms. The van der Waals surface area contributed by atoms with Crippen LogP contribution in [0.2, 0.25) is 0 Å². The number of hydrogen-bond acceptors (Lipinski definition) is 5. The summed E-state index contributed by atoms with van der Waals surface area (Å²) < 4.78 is 0. The first-order valence-corrected chi connectivity index (χ1v) is 11.8. The molecule has 1 aliphatic heterocycles. The maximum absolute atomic E-state index is 12.5. The Morgan fingerprint density at radius 2 is 1.87 bits per heavy atom. The Morgan fingerprint density at radius 1 is 1.13 bits per heavy atom. The molecule has 0 atom stereocenters. The van der Waals surface area contributed by atoms with E-state index < -0.39 is 0 Å². The van der Waals surface area contributed by atoms with Gasteiger partial charge in [0.05, 0.1) is 5.69 Å². The molecule has 2 aliphatic rings. The van der Waals surface area contributed by atoms with Gasteiger partial charge in [0.1, 0.15) is 0 Å². The second kappa shape index (κ2) is 9.71. The van der Waals surface area contributed by atoms with Gasteiger partial charge in [-0.3, -0.25) is 19.4 Å². The van der Waals surface area contributed by atoms with E-state index in [4.69, 9.17) is 4.98 Å². The minimum absolute atomic E-state index is 0.0813. The number of benzene rings is 1.